The predicted octanol–water partition coefficient (Wildman–Crippen LogP) is 5.47. The summed E-state index contributed by atoms with van der Waals surface area (Å²) >= 11 is 0. The lowest BCUT2D eigenvalue weighted by atomic mass is 9.96. The van der Waals surface area contributed by atoms with E-state index in [0.717, 1.165) is 53.1 Å². The number of imidazole rings is 1. The molecule has 0 unspecified atom stereocenters. The molecule has 1 saturated heterocycles. The highest BCUT2D eigenvalue weighted by Crippen LogP contribution is 2.37. The Morgan fingerprint density at radius 3 is 2.49 bits per heavy atom. The van der Waals surface area contributed by atoms with E-state index in [4.69, 9.17) is 9.97 Å². The number of piperidine rings is 1. The highest BCUT2D eigenvalue weighted by Gasteiger charge is 2.21. The number of aryl methyl sites for hydroxylation is 1. The first-order valence-electron chi connectivity index (χ1n) is 12.2. The lowest BCUT2D eigenvalue weighted by Crippen LogP contribution is -2.31. The highest BCUT2D eigenvalue weighted by molar-refractivity contribution is 6.00. The van der Waals surface area contributed by atoms with E-state index in [1.165, 1.54) is 23.7 Å². The van der Waals surface area contributed by atoms with Gasteiger partial charge in [0.2, 0.25) is 0 Å². The minimum atomic E-state index is 0.647. The minimum Gasteiger partial charge on any atom is -0.351 e. The molecular formula is C29H28N6. The molecule has 0 radical (unpaired) electrons. The van der Waals surface area contributed by atoms with Gasteiger partial charge in [-0.1, -0.05) is 18.2 Å². The number of benzene rings is 2. The summed E-state index contributed by atoms with van der Waals surface area (Å²) in [6, 6.07) is 18.6. The topological polar surface area (TPSA) is 62.7 Å². The quantitative estimate of drug-likeness (QED) is 0.357. The van der Waals surface area contributed by atoms with Gasteiger partial charge in [-0.3, -0.25) is 4.98 Å². The second kappa shape index (κ2) is 8.68. The first-order chi connectivity index (χ1) is 17.1. The maximum atomic E-state index is 9.30. The van der Waals surface area contributed by atoms with E-state index in [1.807, 2.05) is 36.8 Å². The molecule has 174 valence electrons. The minimum absolute atomic E-state index is 0.647. The van der Waals surface area contributed by atoms with E-state index < -0.39 is 0 Å². The Morgan fingerprint density at radius 2 is 1.71 bits per heavy atom. The van der Waals surface area contributed by atoms with Crippen LogP contribution >= 0.6 is 0 Å². The van der Waals surface area contributed by atoms with Crippen LogP contribution in [0.15, 0.2) is 67.3 Å². The molecule has 1 fully saturated rings. The molecular weight excluding hydrogens is 432 g/mol. The number of fused-ring (bicyclic) bond motifs is 2. The van der Waals surface area contributed by atoms with Crippen LogP contribution in [0.25, 0.3) is 44.3 Å². The first-order valence-corrected chi connectivity index (χ1v) is 12.2. The van der Waals surface area contributed by atoms with Crippen LogP contribution in [0.1, 0.15) is 18.4 Å². The molecule has 4 heterocycles. The van der Waals surface area contributed by atoms with Gasteiger partial charge in [-0.2, -0.15) is 5.26 Å². The predicted molar refractivity (Wildman–Crippen MR) is 140 cm³/mol. The molecule has 1 aliphatic rings. The summed E-state index contributed by atoms with van der Waals surface area (Å²) in [4.78, 5) is 12.3. The van der Waals surface area contributed by atoms with E-state index in [0.29, 0.717) is 11.5 Å². The third-order valence-electron chi connectivity index (χ3n) is 7.42. The number of nitrogens with zero attached hydrogens (tertiary/aromatic N) is 6. The molecule has 0 spiro atoms. The van der Waals surface area contributed by atoms with Gasteiger partial charge in [0.1, 0.15) is 5.52 Å². The van der Waals surface area contributed by atoms with Crippen molar-refractivity contribution in [2.24, 2.45) is 13.0 Å². The molecule has 6 heteroatoms. The van der Waals surface area contributed by atoms with Crippen molar-refractivity contribution < 1.29 is 0 Å². The molecule has 0 bridgehead atoms. The Bertz CT molecular complexity index is 1560. The normalized spacial score (nSPS) is 15.1. The number of likely N-dealkylation sites (tertiary alicyclic amines) is 1. The molecule has 6 rings (SSSR count). The molecule has 0 saturated carbocycles. The molecule has 0 N–H and O–H groups in total. The Balaban J connectivity index is 1.49. The number of rotatable bonds is 4. The summed E-state index contributed by atoms with van der Waals surface area (Å²) in [5.41, 5.74) is 7.88. The van der Waals surface area contributed by atoms with Crippen LogP contribution in [0.5, 0.6) is 0 Å². The maximum absolute atomic E-state index is 9.30. The lowest BCUT2D eigenvalue weighted by molar-refractivity contribution is 0.206. The number of nitriles is 1. The average molecular weight is 461 g/mol. The van der Waals surface area contributed by atoms with E-state index >= 15 is 0 Å². The zero-order valence-electron chi connectivity index (χ0n) is 20.1. The van der Waals surface area contributed by atoms with Gasteiger partial charge in [0.25, 0.3) is 0 Å². The largest absolute Gasteiger partial charge is 0.351 e. The summed E-state index contributed by atoms with van der Waals surface area (Å²) < 4.78 is 4.40. The van der Waals surface area contributed by atoms with E-state index in [9.17, 15) is 5.26 Å². The van der Waals surface area contributed by atoms with Crippen LogP contribution in [0.2, 0.25) is 0 Å². The van der Waals surface area contributed by atoms with E-state index in [1.54, 1.807) is 0 Å². The van der Waals surface area contributed by atoms with Crippen LogP contribution in [-0.2, 0) is 13.6 Å². The third-order valence-corrected chi connectivity index (χ3v) is 7.42. The molecule has 3 aromatic heterocycles. The first kappa shape index (κ1) is 21.6. The second-order valence-corrected chi connectivity index (χ2v) is 9.75. The summed E-state index contributed by atoms with van der Waals surface area (Å²) in [6.45, 7) is 3.27. The summed E-state index contributed by atoms with van der Waals surface area (Å²) in [6.07, 6.45) is 8.46. The molecule has 0 atom stereocenters. The summed E-state index contributed by atoms with van der Waals surface area (Å²) in [7, 11) is 4.26. The summed E-state index contributed by atoms with van der Waals surface area (Å²) in [5.74, 6) is 0.655. The van der Waals surface area contributed by atoms with Gasteiger partial charge in [0, 0.05) is 41.8 Å². The van der Waals surface area contributed by atoms with Gasteiger partial charge in [0.05, 0.1) is 35.4 Å². The molecule has 5 aromatic rings. The van der Waals surface area contributed by atoms with Crippen molar-refractivity contribution in [3.8, 4) is 28.5 Å². The Hall–Kier alpha value is -3.95. The van der Waals surface area contributed by atoms with Crippen molar-refractivity contribution in [2.45, 2.75) is 19.4 Å². The van der Waals surface area contributed by atoms with Crippen molar-refractivity contribution >= 4 is 21.9 Å². The van der Waals surface area contributed by atoms with Crippen molar-refractivity contribution in [3.63, 3.8) is 0 Å². The Kier molecular flexibility index (Phi) is 5.35. The standard InChI is InChI=1S/C29H28N6/c1-33-12-9-21(10-13-33)18-35-19-32-29-26(35)17-31-28(27(29)22-5-3-20(16-30)4-6-22)24-7-8-25-23(15-24)11-14-34(25)2/h3-8,11,14-15,17,19,21H,9-10,12-13,18H2,1-2H3. The van der Waals surface area contributed by atoms with Gasteiger partial charge in [-0.05, 0) is 74.8 Å². The third kappa shape index (κ3) is 3.88. The number of hydrogen-bond donors (Lipinski definition) is 0. The Labute approximate surface area is 205 Å². The second-order valence-electron chi connectivity index (χ2n) is 9.75. The van der Waals surface area contributed by atoms with Crippen LogP contribution in [0.3, 0.4) is 0 Å². The molecule has 0 amide bonds. The van der Waals surface area contributed by atoms with Gasteiger partial charge in [-0.25, -0.2) is 4.98 Å². The van der Waals surface area contributed by atoms with E-state index in [-0.39, 0.29) is 0 Å². The fourth-order valence-electron chi connectivity index (χ4n) is 5.32. The van der Waals surface area contributed by atoms with Crippen molar-refractivity contribution in [1.82, 2.24) is 24.0 Å². The number of pyridine rings is 1. The summed E-state index contributed by atoms with van der Waals surface area (Å²) in [5, 5.41) is 10.5. The monoisotopic (exact) mass is 460 g/mol. The highest BCUT2D eigenvalue weighted by atomic mass is 15.1. The fourth-order valence-corrected chi connectivity index (χ4v) is 5.32. The van der Waals surface area contributed by atoms with Crippen LogP contribution < -0.4 is 0 Å². The van der Waals surface area contributed by atoms with Crippen molar-refractivity contribution in [1.29, 1.82) is 5.26 Å². The van der Waals surface area contributed by atoms with Gasteiger partial charge in [0.15, 0.2) is 0 Å². The average Bonchev–Trinajstić information content (AvgIpc) is 3.48. The molecule has 2 aromatic carbocycles. The molecule has 1 aliphatic heterocycles. The zero-order chi connectivity index (χ0) is 23.9. The smallest absolute Gasteiger partial charge is 0.100 e. The molecule has 35 heavy (non-hydrogen) atoms. The Morgan fingerprint density at radius 1 is 0.943 bits per heavy atom. The number of hydrogen-bond acceptors (Lipinski definition) is 4. The van der Waals surface area contributed by atoms with Crippen LogP contribution in [-0.4, -0.2) is 44.1 Å². The number of aromatic nitrogens is 4. The van der Waals surface area contributed by atoms with Gasteiger partial charge < -0.3 is 14.0 Å². The lowest BCUT2D eigenvalue weighted by Gasteiger charge is -2.29. The van der Waals surface area contributed by atoms with E-state index in [2.05, 4.69) is 64.7 Å². The molecule has 0 aliphatic carbocycles. The van der Waals surface area contributed by atoms with Crippen LogP contribution in [0.4, 0.5) is 0 Å². The SMILES string of the molecule is CN1CCC(Cn2cnc3c(-c4ccc(C#N)cc4)c(-c4ccc5c(ccn5C)c4)ncc32)CC1. The maximum Gasteiger partial charge on any atom is 0.100 e. The van der Waals surface area contributed by atoms with Crippen LogP contribution in [0, 0.1) is 17.2 Å². The van der Waals surface area contributed by atoms with Crippen molar-refractivity contribution in [3.05, 3.63) is 72.8 Å². The molecule has 6 nitrogen and oxygen atoms in total. The van der Waals surface area contributed by atoms with Gasteiger partial charge in [-0.15, -0.1) is 0 Å². The van der Waals surface area contributed by atoms with Gasteiger partial charge >= 0.3 is 0 Å². The van der Waals surface area contributed by atoms with Crippen molar-refractivity contribution in [2.75, 3.05) is 20.1 Å². The zero-order valence-corrected chi connectivity index (χ0v) is 20.1. The fraction of sp³-hybridized carbons (Fsp3) is 0.276.